The number of fused-ring (bicyclic) bond motifs is 2. The highest BCUT2D eigenvalue weighted by Crippen LogP contribution is 2.34. The molecule has 2 bridgehead atoms. The Labute approximate surface area is 226 Å². The van der Waals surface area contributed by atoms with Crippen LogP contribution in [0.25, 0.3) is 0 Å². The maximum atomic E-state index is 15.6. The third-order valence-corrected chi connectivity index (χ3v) is 8.14. The lowest BCUT2D eigenvalue weighted by Gasteiger charge is -2.42. The standard InChI is InChI=1S/C29H36F4N4O2/c1-17(21-7-4-8-22(27(21)31)28(32)33)34-29(38)23-13-26(37-15-19-5-3-6-20(16-37)39-19)24(30)14-25(23)35-18-9-11-36(2)12-10-18/h4,7-8,13-14,17-20,28,35H,3,5-6,9-12,15-16H2,1-2H3,(H,34,38)/t17-,19?,20?/m1/s1. The number of likely N-dealkylation sites (tertiary alicyclic amines) is 1. The molecule has 0 aromatic heterocycles. The van der Waals surface area contributed by atoms with Crippen molar-refractivity contribution in [3.05, 3.63) is 58.7 Å². The molecular formula is C29H36F4N4O2. The quantitative estimate of drug-likeness (QED) is 0.438. The second-order valence-electron chi connectivity index (χ2n) is 11.0. The Morgan fingerprint density at radius 2 is 1.69 bits per heavy atom. The number of nitrogens with zero attached hydrogens (tertiary/aromatic N) is 2. The number of ether oxygens (including phenoxy) is 1. The topological polar surface area (TPSA) is 56.8 Å². The fraction of sp³-hybridized carbons (Fsp3) is 0.552. The van der Waals surface area contributed by atoms with Gasteiger partial charge in [0.05, 0.1) is 40.8 Å². The van der Waals surface area contributed by atoms with Gasteiger partial charge < -0.3 is 25.2 Å². The summed E-state index contributed by atoms with van der Waals surface area (Å²) in [4.78, 5) is 17.8. The van der Waals surface area contributed by atoms with Crippen LogP contribution in [0.1, 0.15) is 73.0 Å². The highest BCUT2D eigenvalue weighted by atomic mass is 19.3. The zero-order valence-electron chi connectivity index (χ0n) is 22.4. The van der Waals surface area contributed by atoms with Crippen molar-refractivity contribution in [1.82, 2.24) is 10.2 Å². The maximum Gasteiger partial charge on any atom is 0.266 e. The molecule has 3 aliphatic heterocycles. The predicted octanol–water partition coefficient (Wildman–Crippen LogP) is 5.66. The molecule has 39 heavy (non-hydrogen) atoms. The lowest BCUT2D eigenvalue weighted by Crippen LogP contribution is -2.50. The van der Waals surface area contributed by atoms with Gasteiger partial charge in [-0.1, -0.05) is 18.2 Å². The molecule has 5 rings (SSSR count). The van der Waals surface area contributed by atoms with Crippen LogP contribution in [0.15, 0.2) is 30.3 Å². The molecule has 6 nitrogen and oxygen atoms in total. The first kappa shape index (κ1) is 27.7. The van der Waals surface area contributed by atoms with E-state index in [9.17, 15) is 18.0 Å². The third kappa shape index (κ3) is 6.17. The Bertz CT molecular complexity index is 1180. The van der Waals surface area contributed by atoms with Crippen LogP contribution in [0, 0.1) is 11.6 Å². The largest absolute Gasteiger partial charge is 0.381 e. The zero-order chi connectivity index (χ0) is 27.7. The molecular weight excluding hydrogens is 512 g/mol. The van der Waals surface area contributed by atoms with Gasteiger partial charge in [0.15, 0.2) is 0 Å². The smallest absolute Gasteiger partial charge is 0.266 e. The summed E-state index contributed by atoms with van der Waals surface area (Å²) >= 11 is 0. The Kier molecular flexibility index (Phi) is 8.32. The first-order valence-corrected chi connectivity index (χ1v) is 13.8. The van der Waals surface area contributed by atoms with Gasteiger partial charge in [0.1, 0.15) is 11.6 Å². The van der Waals surface area contributed by atoms with Gasteiger partial charge in [-0.05, 0) is 71.3 Å². The van der Waals surface area contributed by atoms with Gasteiger partial charge in [0, 0.05) is 24.7 Å². The third-order valence-electron chi connectivity index (χ3n) is 8.14. The number of rotatable bonds is 7. The van der Waals surface area contributed by atoms with E-state index in [-0.39, 0.29) is 29.4 Å². The number of carbonyl (C=O) groups is 1. The van der Waals surface area contributed by atoms with Crippen LogP contribution in [0.3, 0.4) is 0 Å². The van der Waals surface area contributed by atoms with Crippen LogP contribution in [0.5, 0.6) is 0 Å². The number of hydrogen-bond donors (Lipinski definition) is 2. The van der Waals surface area contributed by atoms with Crippen molar-refractivity contribution in [2.75, 3.05) is 43.4 Å². The monoisotopic (exact) mass is 548 g/mol. The molecule has 0 aliphatic carbocycles. The average Bonchev–Trinajstić information content (AvgIpc) is 2.89. The van der Waals surface area contributed by atoms with E-state index >= 15 is 4.39 Å². The van der Waals surface area contributed by atoms with Crippen molar-refractivity contribution in [3.8, 4) is 0 Å². The Hall–Kier alpha value is -2.85. The number of morpholine rings is 1. The minimum atomic E-state index is -2.97. The fourth-order valence-electron chi connectivity index (χ4n) is 5.92. The van der Waals surface area contributed by atoms with Gasteiger partial charge in [-0.15, -0.1) is 0 Å². The van der Waals surface area contributed by atoms with E-state index in [2.05, 4.69) is 15.5 Å². The van der Waals surface area contributed by atoms with Gasteiger partial charge in [-0.25, -0.2) is 17.6 Å². The van der Waals surface area contributed by atoms with E-state index in [4.69, 9.17) is 4.74 Å². The summed E-state index contributed by atoms with van der Waals surface area (Å²) in [5, 5.41) is 6.12. The minimum Gasteiger partial charge on any atom is -0.381 e. The normalized spacial score (nSPS) is 23.1. The molecule has 2 aromatic carbocycles. The molecule has 3 saturated heterocycles. The lowest BCUT2D eigenvalue weighted by molar-refractivity contribution is -0.0606. The second-order valence-corrected chi connectivity index (χ2v) is 11.0. The van der Waals surface area contributed by atoms with E-state index in [1.807, 2.05) is 11.9 Å². The summed E-state index contributed by atoms with van der Waals surface area (Å²) in [6, 6.07) is 5.87. The number of nitrogens with one attached hydrogen (secondary N) is 2. The van der Waals surface area contributed by atoms with E-state index in [1.165, 1.54) is 18.2 Å². The van der Waals surface area contributed by atoms with E-state index in [0.717, 1.165) is 51.3 Å². The molecule has 1 amide bonds. The van der Waals surface area contributed by atoms with E-state index in [0.29, 0.717) is 24.5 Å². The summed E-state index contributed by atoms with van der Waals surface area (Å²) in [7, 11) is 2.05. The van der Waals surface area contributed by atoms with Crippen molar-refractivity contribution in [2.24, 2.45) is 0 Å². The van der Waals surface area contributed by atoms with Crippen molar-refractivity contribution in [1.29, 1.82) is 0 Å². The van der Waals surface area contributed by atoms with Crippen LogP contribution >= 0.6 is 0 Å². The molecule has 2 aromatic rings. The molecule has 3 aliphatic rings. The zero-order valence-corrected chi connectivity index (χ0v) is 22.4. The van der Waals surface area contributed by atoms with Crippen LogP contribution in [0.4, 0.5) is 28.9 Å². The molecule has 10 heteroatoms. The minimum absolute atomic E-state index is 0.0244. The second kappa shape index (κ2) is 11.7. The highest BCUT2D eigenvalue weighted by molar-refractivity contribution is 6.01. The van der Waals surface area contributed by atoms with E-state index in [1.54, 1.807) is 13.0 Å². The number of piperidine rings is 1. The SMILES string of the molecule is C[C@@H](NC(=O)c1cc(N2CC3CCCC(C2)O3)c(F)cc1NC1CCN(C)CC1)c1cccc(C(F)F)c1F. The molecule has 212 valence electrons. The number of anilines is 2. The van der Waals surface area contributed by atoms with Gasteiger partial charge in [-0.2, -0.15) is 0 Å². The summed E-state index contributed by atoms with van der Waals surface area (Å²) in [6.07, 6.45) is 1.68. The number of halogens is 4. The maximum absolute atomic E-state index is 15.6. The highest BCUT2D eigenvalue weighted by Gasteiger charge is 2.33. The number of hydrogen-bond acceptors (Lipinski definition) is 5. The summed E-state index contributed by atoms with van der Waals surface area (Å²) in [5.41, 5.74) is 0.187. The lowest BCUT2D eigenvalue weighted by atomic mass is 9.98. The van der Waals surface area contributed by atoms with Crippen LogP contribution < -0.4 is 15.5 Å². The number of benzene rings is 2. The molecule has 0 saturated carbocycles. The average molecular weight is 549 g/mol. The Morgan fingerprint density at radius 1 is 1.03 bits per heavy atom. The van der Waals surface area contributed by atoms with Crippen molar-refractivity contribution < 1.29 is 27.1 Å². The molecule has 0 radical (unpaired) electrons. The van der Waals surface area contributed by atoms with Crippen LogP contribution in [-0.2, 0) is 4.74 Å². The number of carbonyl (C=O) groups excluding carboxylic acids is 1. The first-order chi connectivity index (χ1) is 18.7. The molecule has 0 spiro atoms. The van der Waals surface area contributed by atoms with Crippen LogP contribution in [-0.4, -0.2) is 62.3 Å². The van der Waals surface area contributed by atoms with Gasteiger partial charge in [0.2, 0.25) is 0 Å². The Balaban J connectivity index is 1.44. The number of alkyl halides is 2. The first-order valence-electron chi connectivity index (χ1n) is 13.8. The Morgan fingerprint density at radius 3 is 2.36 bits per heavy atom. The summed E-state index contributed by atoms with van der Waals surface area (Å²) in [6.45, 7) is 4.39. The van der Waals surface area contributed by atoms with Crippen molar-refractivity contribution in [2.45, 2.75) is 69.7 Å². The summed E-state index contributed by atoms with van der Waals surface area (Å²) < 4.78 is 62.9. The predicted molar refractivity (Wildman–Crippen MR) is 143 cm³/mol. The van der Waals surface area contributed by atoms with Crippen LogP contribution in [0.2, 0.25) is 0 Å². The molecule has 3 atom stereocenters. The summed E-state index contributed by atoms with van der Waals surface area (Å²) in [5.74, 6) is -2.00. The molecule has 3 heterocycles. The van der Waals surface area contributed by atoms with Crippen molar-refractivity contribution in [3.63, 3.8) is 0 Å². The van der Waals surface area contributed by atoms with Crippen molar-refractivity contribution >= 4 is 17.3 Å². The number of amides is 1. The molecule has 2 unspecified atom stereocenters. The van der Waals surface area contributed by atoms with Gasteiger partial charge in [0.25, 0.3) is 12.3 Å². The van der Waals surface area contributed by atoms with Gasteiger partial charge >= 0.3 is 0 Å². The molecule has 3 fully saturated rings. The molecule has 2 N–H and O–H groups in total. The van der Waals surface area contributed by atoms with E-state index < -0.39 is 35.6 Å². The van der Waals surface area contributed by atoms with Gasteiger partial charge in [-0.3, -0.25) is 4.79 Å². The fourth-order valence-corrected chi connectivity index (χ4v) is 5.92.